The number of nitrogens with zero attached hydrogens (tertiary/aromatic N) is 5. The van der Waals surface area contributed by atoms with Crippen LogP contribution >= 0.6 is 15.9 Å². The Morgan fingerprint density at radius 3 is 2.79 bits per heavy atom. The number of benzene rings is 1. The number of anilines is 1. The van der Waals surface area contributed by atoms with E-state index < -0.39 is 0 Å². The Bertz CT molecular complexity index is 826. The summed E-state index contributed by atoms with van der Waals surface area (Å²) in [5, 5.41) is 11.2. The average Bonchev–Trinajstić information content (AvgIpc) is 3.14. The molecule has 0 bridgehead atoms. The normalized spacial score (nSPS) is 10.8. The van der Waals surface area contributed by atoms with Gasteiger partial charge in [-0.1, -0.05) is 30.3 Å². The summed E-state index contributed by atoms with van der Waals surface area (Å²) in [6.45, 7) is 3.07. The predicted octanol–water partition coefficient (Wildman–Crippen LogP) is 2.62. The SMILES string of the molecule is Cc1c(Br)cnn1CCC(=O)Nc1ncn(Cc2ccccc2)n1. The molecule has 0 radical (unpaired) electrons. The third-order valence-electron chi connectivity index (χ3n) is 3.57. The minimum absolute atomic E-state index is 0.140. The van der Waals surface area contributed by atoms with Crippen molar-refractivity contribution < 1.29 is 4.79 Å². The smallest absolute Gasteiger partial charge is 0.248 e. The van der Waals surface area contributed by atoms with Crippen LogP contribution < -0.4 is 5.32 Å². The second kappa shape index (κ2) is 7.39. The van der Waals surface area contributed by atoms with E-state index in [1.807, 2.05) is 37.3 Å². The molecule has 0 spiro atoms. The van der Waals surface area contributed by atoms with Gasteiger partial charge in [0, 0.05) is 12.1 Å². The highest BCUT2D eigenvalue weighted by Gasteiger charge is 2.09. The number of halogens is 1. The van der Waals surface area contributed by atoms with Crippen LogP contribution in [-0.4, -0.2) is 30.5 Å². The van der Waals surface area contributed by atoms with Crippen LogP contribution in [0.1, 0.15) is 17.7 Å². The zero-order valence-electron chi connectivity index (χ0n) is 13.2. The lowest BCUT2D eigenvalue weighted by Crippen LogP contribution is -2.16. The molecule has 24 heavy (non-hydrogen) atoms. The number of amides is 1. The topological polar surface area (TPSA) is 77.6 Å². The van der Waals surface area contributed by atoms with Gasteiger partial charge in [0.15, 0.2) is 0 Å². The summed E-state index contributed by atoms with van der Waals surface area (Å²) in [7, 11) is 0. The van der Waals surface area contributed by atoms with Crippen LogP contribution in [-0.2, 0) is 17.9 Å². The van der Waals surface area contributed by atoms with E-state index in [1.165, 1.54) is 0 Å². The number of hydrogen-bond acceptors (Lipinski definition) is 4. The van der Waals surface area contributed by atoms with E-state index in [1.54, 1.807) is 21.9 Å². The van der Waals surface area contributed by atoms with E-state index in [0.717, 1.165) is 15.7 Å². The first-order valence-electron chi connectivity index (χ1n) is 7.53. The molecule has 1 amide bonds. The van der Waals surface area contributed by atoms with Crippen LogP contribution in [0.5, 0.6) is 0 Å². The van der Waals surface area contributed by atoms with Gasteiger partial charge >= 0.3 is 0 Å². The van der Waals surface area contributed by atoms with E-state index >= 15 is 0 Å². The van der Waals surface area contributed by atoms with Crippen molar-refractivity contribution in [1.82, 2.24) is 24.5 Å². The van der Waals surface area contributed by atoms with Crippen molar-refractivity contribution in [3.63, 3.8) is 0 Å². The monoisotopic (exact) mass is 388 g/mol. The number of rotatable bonds is 6. The van der Waals surface area contributed by atoms with Gasteiger partial charge < -0.3 is 0 Å². The Hall–Kier alpha value is -2.48. The molecule has 0 saturated carbocycles. The van der Waals surface area contributed by atoms with Crippen LogP contribution in [0.2, 0.25) is 0 Å². The quantitative estimate of drug-likeness (QED) is 0.703. The highest BCUT2D eigenvalue weighted by atomic mass is 79.9. The lowest BCUT2D eigenvalue weighted by molar-refractivity contribution is -0.116. The Morgan fingerprint density at radius 2 is 2.08 bits per heavy atom. The summed E-state index contributed by atoms with van der Waals surface area (Å²) in [6.07, 6.45) is 3.64. The summed E-state index contributed by atoms with van der Waals surface area (Å²) in [6, 6.07) is 9.96. The molecule has 1 N–H and O–H groups in total. The van der Waals surface area contributed by atoms with E-state index in [9.17, 15) is 4.79 Å². The van der Waals surface area contributed by atoms with Crippen molar-refractivity contribution in [2.24, 2.45) is 0 Å². The Balaban J connectivity index is 1.52. The number of aromatic nitrogens is 5. The first-order chi connectivity index (χ1) is 11.6. The molecular weight excluding hydrogens is 372 g/mol. The molecule has 0 fully saturated rings. The van der Waals surface area contributed by atoms with Gasteiger partial charge in [0.1, 0.15) is 6.33 Å². The van der Waals surface area contributed by atoms with Crippen LogP contribution in [0.25, 0.3) is 0 Å². The van der Waals surface area contributed by atoms with Gasteiger partial charge in [-0.05, 0) is 28.4 Å². The lowest BCUT2D eigenvalue weighted by atomic mass is 10.2. The third-order valence-corrected chi connectivity index (χ3v) is 4.35. The number of carbonyl (C=O) groups is 1. The maximum Gasteiger partial charge on any atom is 0.248 e. The predicted molar refractivity (Wildman–Crippen MR) is 93.5 cm³/mol. The fraction of sp³-hybridized carbons (Fsp3) is 0.250. The van der Waals surface area contributed by atoms with Gasteiger partial charge in [-0.2, -0.15) is 5.10 Å². The van der Waals surface area contributed by atoms with Crippen LogP contribution in [0.3, 0.4) is 0 Å². The molecule has 2 aromatic heterocycles. The van der Waals surface area contributed by atoms with E-state index in [-0.39, 0.29) is 5.91 Å². The Kier molecular flexibility index (Phi) is 5.05. The van der Waals surface area contributed by atoms with Crippen molar-refractivity contribution in [2.45, 2.75) is 26.4 Å². The van der Waals surface area contributed by atoms with Crippen molar-refractivity contribution in [2.75, 3.05) is 5.32 Å². The lowest BCUT2D eigenvalue weighted by Gasteiger charge is -2.04. The minimum Gasteiger partial charge on any atom is -0.293 e. The molecule has 0 aliphatic rings. The summed E-state index contributed by atoms with van der Waals surface area (Å²) < 4.78 is 4.41. The van der Waals surface area contributed by atoms with Gasteiger partial charge in [0.05, 0.1) is 23.8 Å². The van der Waals surface area contributed by atoms with E-state index in [2.05, 4.69) is 36.4 Å². The van der Waals surface area contributed by atoms with Gasteiger partial charge in [0.25, 0.3) is 0 Å². The number of carbonyl (C=O) groups excluding carboxylic acids is 1. The zero-order chi connectivity index (χ0) is 16.9. The number of aryl methyl sites for hydroxylation is 1. The highest BCUT2D eigenvalue weighted by molar-refractivity contribution is 9.10. The van der Waals surface area contributed by atoms with Gasteiger partial charge in [-0.3, -0.25) is 14.8 Å². The molecule has 0 atom stereocenters. The molecule has 3 rings (SSSR count). The summed E-state index contributed by atoms with van der Waals surface area (Å²) in [5.74, 6) is 0.174. The molecule has 3 aromatic rings. The fourth-order valence-electron chi connectivity index (χ4n) is 2.24. The van der Waals surface area contributed by atoms with Crippen LogP contribution in [0.15, 0.2) is 47.3 Å². The zero-order valence-corrected chi connectivity index (χ0v) is 14.8. The molecule has 124 valence electrons. The fourth-order valence-corrected chi connectivity index (χ4v) is 2.54. The van der Waals surface area contributed by atoms with E-state index in [0.29, 0.717) is 25.5 Å². The first-order valence-corrected chi connectivity index (χ1v) is 8.32. The molecule has 1 aromatic carbocycles. The minimum atomic E-state index is -0.140. The number of nitrogens with one attached hydrogen (secondary N) is 1. The summed E-state index contributed by atoms with van der Waals surface area (Å²) in [4.78, 5) is 16.1. The second-order valence-corrected chi connectivity index (χ2v) is 6.20. The molecular formula is C16H17BrN6O. The number of hydrogen-bond donors (Lipinski definition) is 1. The van der Waals surface area contributed by atoms with Crippen LogP contribution in [0, 0.1) is 6.92 Å². The molecule has 0 unspecified atom stereocenters. The van der Waals surface area contributed by atoms with Crippen molar-refractivity contribution in [1.29, 1.82) is 0 Å². The van der Waals surface area contributed by atoms with Crippen LogP contribution in [0.4, 0.5) is 5.95 Å². The van der Waals surface area contributed by atoms with Crippen molar-refractivity contribution in [3.8, 4) is 0 Å². The first kappa shape index (κ1) is 16.4. The third kappa shape index (κ3) is 4.08. The van der Waals surface area contributed by atoms with Crippen molar-refractivity contribution in [3.05, 3.63) is 58.6 Å². The van der Waals surface area contributed by atoms with Gasteiger partial charge in [-0.15, -0.1) is 5.10 Å². The standard InChI is InChI=1S/C16H17BrN6O/c1-12-14(17)9-19-23(12)8-7-15(24)20-16-18-11-22(21-16)10-13-5-3-2-4-6-13/h2-6,9,11H,7-8,10H2,1H3,(H,20,21,24). The largest absolute Gasteiger partial charge is 0.293 e. The highest BCUT2D eigenvalue weighted by Crippen LogP contribution is 2.14. The van der Waals surface area contributed by atoms with E-state index in [4.69, 9.17) is 0 Å². The molecule has 2 heterocycles. The molecule has 0 aliphatic carbocycles. The summed E-state index contributed by atoms with van der Waals surface area (Å²) in [5.41, 5.74) is 2.12. The average molecular weight is 389 g/mol. The molecule has 8 heteroatoms. The Morgan fingerprint density at radius 1 is 1.29 bits per heavy atom. The molecule has 7 nitrogen and oxygen atoms in total. The van der Waals surface area contributed by atoms with Crippen molar-refractivity contribution >= 4 is 27.8 Å². The maximum absolute atomic E-state index is 12.0. The molecule has 0 aliphatic heterocycles. The maximum atomic E-state index is 12.0. The second-order valence-electron chi connectivity index (χ2n) is 5.35. The van der Waals surface area contributed by atoms with Gasteiger partial charge in [0.2, 0.25) is 11.9 Å². The van der Waals surface area contributed by atoms with Gasteiger partial charge in [-0.25, -0.2) is 9.67 Å². The Labute approximate surface area is 147 Å². The molecule has 0 saturated heterocycles. The summed E-state index contributed by atoms with van der Waals surface area (Å²) >= 11 is 3.40.